The minimum absolute atomic E-state index is 0.0375. The van der Waals surface area contributed by atoms with Crippen LogP contribution in [-0.4, -0.2) is 47.9 Å². The summed E-state index contributed by atoms with van der Waals surface area (Å²) in [7, 11) is 1.34. The fourth-order valence-electron chi connectivity index (χ4n) is 5.10. The predicted octanol–water partition coefficient (Wildman–Crippen LogP) is 3.41. The van der Waals surface area contributed by atoms with Crippen molar-refractivity contribution in [1.29, 1.82) is 0 Å². The number of carbonyl (C=O) groups excluding carboxylic acids is 3. The molecule has 158 valence electrons. The molecule has 2 amide bonds. The lowest BCUT2D eigenvalue weighted by molar-refractivity contribution is -0.140. The second-order valence-corrected chi connectivity index (χ2v) is 8.23. The number of benzene rings is 1. The van der Waals surface area contributed by atoms with E-state index in [0.29, 0.717) is 5.56 Å². The monoisotopic (exact) mass is 400 g/mol. The quantitative estimate of drug-likeness (QED) is 0.743. The average molecular weight is 401 g/mol. The summed E-state index contributed by atoms with van der Waals surface area (Å²) < 4.78 is 4.68. The zero-order valence-electron chi connectivity index (χ0n) is 17.7. The first-order chi connectivity index (χ1) is 14.0. The van der Waals surface area contributed by atoms with E-state index in [1.54, 1.807) is 0 Å². The molecule has 1 aliphatic heterocycles. The van der Waals surface area contributed by atoms with Gasteiger partial charge in [0.2, 0.25) is 5.91 Å². The van der Waals surface area contributed by atoms with E-state index in [-0.39, 0.29) is 36.8 Å². The van der Waals surface area contributed by atoms with Crippen LogP contribution in [0.3, 0.4) is 0 Å². The molecule has 3 rings (SSSR count). The molecule has 1 saturated carbocycles. The zero-order chi connectivity index (χ0) is 21.0. The summed E-state index contributed by atoms with van der Waals surface area (Å²) in [4.78, 5) is 40.5. The minimum Gasteiger partial charge on any atom is -0.469 e. The Labute approximate surface area is 173 Å². The predicted molar refractivity (Wildman–Crippen MR) is 111 cm³/mol. The number of carbonyl (C=O) groups is 3. The van der Waals surface area contributed by atoms with Gasteiger partial charge >= 0.3 is 5.97 Å². The van der Waals surface area contributed by atoms with E-state index >= 15 is 0 Å². The molecule has 0 unspecified atom stereocenters. The Kier molecular flexibility index (Phi) is 6.60. The molecule has 6 nitrogen and oxygen atoms in total. The van der Waals surface area contributed by atoms with Crippen molar-refractivity contribution in [2.45, 2.75) is 76.3 Å². The van der Waals surface area contributed by atoms with Gasteiger partial charge in [-0.05, 0) is 37.8 Å². The molecule has 1 spiro atoms. The first-order valence-corrected chi connectivity index (χ1v) is 10.7. The van der Waals surface area contributed by atoms with Crippen LogP contribution in [0, 0.1) is 0 Å². The molecule has 1 fully saturated rings. The Morgan fingerprint density at radius 2 is 1.93 bits per heavy atom. The third-order valence-electron chi connectivity index (χ3n) is 6.61. The lowest BCUT2D eigenvalue weighted by Crippen LogP contribution is -2.64. The van der Waals surface area contributed by atoms with Crippen molar-refractivity contribution in [2.24, 2.45) is 0 Å². The number of nitrogens with zero attached hydrogens (tertiary/aromatic N) is 1. The van der Waals surface area contributed by atoms with E-state index in [9.17, 15) is 14.4 Å². The Morgan fingerprint density at radius 3 is 2.59 bits per heavy atom. The molecule has 29 heavy (non-hydrogen) atoms. The highest BCUT2D eigenvalue weighted by Gasteiger charge is 2.55. The molecule has 1 heterocycles. The van der Waals surface area contributed by atoms with Crippen LogP contribution in [-0.2, 0) is 14.3 Å². The molecule has 0 aromatic heterocycles. The summed E-state index contributed by atoms with van der Waals surface area (Å²) in [5.41, 5.74) is 0.931. The second kappa shape index (κ2) is 8.97. The van der Waals surface area contributed by atoms with Gasteiger partial charge in [0, 0.05) is 18.2 Å². The second-order valence-electron chi connectivity index (χ2n) is 8.23. The Morgan fingerprint density at radius 1 is 1.24 bits per heavy atom. The van der Waals surface area contributed by atoms with Crippen LogP contribution < -0.4 is 5.32 Å². The SMILES string of the molecule is CC[C@H](C)N1C(=O)c2ccccc2[C@@H](C(=O)NCCC(=O)OC)C12CCCCC2. The van der Waals surface area contributed by atoms with Crippen LogP contribution >= 0.6 is 0 Å². The molecule has 0 saturated heterocycles. The van der Waals surface area contributed by atoms with Crippen molar-refractivity contribution in [3.05, 3.63) is 35.4 Å². The smallest absolute Gasteiger partial charge is 0.307 e. The number of rotatable bonds is 6. The van der Waals surface area contributed by atoms with E-state index in [1.807, 2.05) is 29.2 Å². The van der Waals surface area contributed by atoms with E-state index < -0.39 is 11.5 Å². The van der Waals surface area contributed by atoms with E-state index in [1.165, 1.54) is 7.11 Å². The number of methoxy groups -OCH3 is 1. The van der Waals surface area contributed by atoms with Crippen LogP contribution in [0.1, 0.15) is 80.6 Å². The minimum atomic E-state index is -0.505. The number of hydrogen-bond donors (Lipinski definition) is 1. The van der Waals surface area contributed by atoms with Gasteiger partial charge in [0.05, 0.1) is 25.0 Å². The summed E-state index contributed by atoms with van der Waals surface area (Å²) in [5.74, 6) is -0.846. The number of hydrogen-bond acceptors (Lipinski definition) is 4. The largest absolute Gasteiger partial charge is 0.469 e. The van der Waals surface area contributed by atoms with Gasteiger partial charge in [-0.25, -0.2) is 0 Å². The highest BCUT2D eigenvalue weighted by Crippen LogP contribution is 2.50. The van der Waals surface area contributed by atoms with Gasteiger partial charge in [-0.1, -0.05) is 44.4 Å². The summed E-state index contributed by atoms with van der Waals surface area (Å²) >= 11 is 0. The molecule has 2 aliphatic rings. The van der Waals surface area contributed by atoms with Crippen molar-refractivity contribution in [3.8, 4) is 0 Å². The normalized spacial score (nSPS) is 21.4. The zero-order valence-corrected chi connectivity index (χ0v) is 17.7. The Balaban J connectivity index is 2.03. The van der Waals surface area contributed by atoms with Gasteiger partial charge in [0.25, 0.3) is 5.91 Å². The summed E-state index contributed by atoms with van der Waals surface area (Å²) in [5, 5.41) is 2.94. The van der Waals surface area contributed by atoms with E-state index in [2.05, 4.69) is 23.9 Å². The molecule has 0 bridgehead atoms. The Hall–Kier alpha value is -2.37. The van der Waals surface area contributed by atoms with Gasteiger partial charge in [-0.2, -0.15) is 0 Å². The first kappa shape index (κ1) is 21.3. The van der Waals surface area contributed by atoms with Crippen LogP contribution in [0.4, 0.5) is 0 Å². The molecule has 1 aromatic carbocycles. The number of amides is 2. The van der Waals surface area contributed by atoms with Crippen molar-refractivity contribution in [3.63, 3.8) is 0 Å². The summed E-state index contributed by atoms with van der Waals surface area (Å²) in [6.07, 6.45) is 5.77. The number of esters is 1. The van der Waals surface area contributed by atoms with E-state index in [4.69, 9.17) is 0 Å². The molecule has 1 aliphatic carbocycles. The lowest BCUT2D eigenvalue weighted by Gasteiger charge is -2.55. The average Bonchev–Trinajstić information content (AvgIpc) is 2.74. The fraction of sp³-hybridized carbons (Fsp3) is 0.609. The Bertz CT molecular complexity index is 770. The van der Waals surface area contributed by atoms with Crippen molar-refractivity contribution < 1.29 is 19.1 Å². The number of fused-ring (bicyclic) bond motifs is 1. The van der Waals surface area contributed by atoms with Gasteiger partial charge in [-0.15, -0.1) is 0 Å². The van der Waals surface area contributed by atoms with E-state index in [0.717, 1.165) is 44.1 Å². The highest BCUT2D eigenvalue weighted by atomic mass is 16.5. The van der Waals surface area contributed by atoms with Crippen LogP contribution in [0.2, 0.25) is 0 Å². The van der Waals surface area contributed by atoms with Crippen molar-refractivity contribution >= 4 is 17.8 Å². The molecular weight excluding hydrogens is 368 g/mol. The van der Waals surface area contributed by atoms with Gasteiger partial charge < -0.3 is 15.0 Å². The topological polar surface area (TPSA) is 75.7 Å². The maximum atomic E-state index is 13.5. The standard InChI is InChI=1S/C23H32N2O4/c1-4-16(2)25-22(28)18-11-7-6-10-17(18)20(23(25)13-8-5-9-14-23)21(27)24-15-12-19(26)29-3/h6-7,10-11,16,20H,4-5,8-9,12-15H2,1-3H3,(H,24,27)/t16-,20-/m0/s1. The molecule has 1 aromatic rings. The lowest BCUT2D eigenvalue weighted by atomic mass is 9.64. The third kappa shape index (κ3) is 3.89. The number of nitrogens with one attached hydrogen (secondary N) is 1. The molecule has 6 heteroatoms. The van der Waals surface area contributed by atoms with Crippen LogP contribution in [0.5, 0.6) is 0 Å². The maximum absolute atomic E-state index is 13.5. The molecule has 0 radical (unpaired) electrons. The fourth-order valence-corrected chi connectivity index (χ4v) is 5.10. The maximum Gasteiger partial charge on any atom is 0.307 e. The summed E-state index contributed by atoms with van der Waals surface area (Å²) in [6, 6.07) is 7.56. The summed E-state index contributed by atoms with van der Waals surface area (Å²) in [6.45, 7) is 4.40. The van der Waals surface area contributed by atoms with Crippen LogP contribution in [0.25, 0.3) is 0 Å². The highest BCUT2D eigenvalue weighted by molar-refractivity contribution is 6.02. The molecular formula is C23H32N2O4. The van der Waals surface area contributed by atoms with Crippen molar-refractivity contribution in [1.82, 2.24) is 10.2 Å². The van der Waals surface area contributed by atoms with Gasteiger partial charge in [0.15, 0.2) is 0 Å². The van der Waals surface area contributed by atoms with Crippen molar-refractivity contribution in [2.75, 3.05) is 13.7 Å². The molecule has 1 N–H and O–H groups in total. The first-order valence-electron chi connectivity index (χ1n) is 10.7. The third-order valence-corrected chi connectivity index (χ3v) is 6.61. The van der Waals surface area contributed by atoms with Gasteiger partial charge in [-0.3, -0.25) is 14.4 Å². The van der Waals surface area contributed by atoms with Gasteiger partial charge in [0.1, 0.15) is 0 Å². The molecule has 2 atom stereocenters. The number of ether oxygens (including phenoxy) is 1. The van der Waals surface area contributed by atoms with Crippen LogP contribution in [0.15, 0.2) is 24.3 Å².